The molecule has 1 aromatic rings. The molecule has 0 spiro atoms. The highest BCUT2D eigenvalue weighted by atomic mass is 32.1. The van der Waals surface area contributed by atoms with E-state index < -0.39 is 24.5 Å². The minimum atomic E-state index is -0.581. The number of carbonyl (C=O) groups is 3. The molecular formula is C18H23NO5S. The number of hydrogen-bond donors (Lipinski definition) is 1. The number of ether oxygens (including phenoxy) is 2. The van der Waals surface area contributed by atoms with E-state index in [1.807, 2.05) is 0 Å². The van der Waals surface area contributed by atoms with Crippen molar-refractivity contribution in [3.05, 3.63) is 28.2 Å². The summed E-state index contributed by atoms with van der Waals surface area (Å²) in [7, 11) is 0. The van der Waals surface area contributed by atoms with Crippen LogP contribution in [0, 0.1) is 0 Å². The molecule has 7 heteroatoms. The number of allylic oxidation sites excluding steroid dienone is 1. The molecule has 1 aliphatic carbocycles. The zero-order valence-corrected chi connectivity index (χ0v) is 15.5. The van der Waals surface area contributed by atoms with E-state index in [4.69, 9.17) is 9.47 Å². The van der Waals surface area contributed by atoms with Gasteiger partial charge in [-0.3, -0.25) is 4.79 Å². The van der Waals surface area contributed by atoms with Crippen LogP contribution < -0.4 is 5.32 Å². The highest BCUT2D eigenvalue weighted by Gasteiger charge is 2.27. The van der Waals surface area contributed by atoms with Gasteiger partial charge in [-0.25, -0.2) is 9.59 Å². The number of esters is 2. The van der Waals surface area contributed by atoms with Crippen molar-refractivity contribution in [1.29, 1.82) is 0 Å². The number of aryl methyl sites for hydroxylation is 1. The summed E-state index contributed by atoms with van der Waals surface area (Å²) in [5.41, 5.74) is 1.42. The van der Waals surface area contributed by atoms with Crippen LogP contribution >= 0.6 is 11.3 Å². The van der Waals surface area contributed by atoms with Crippen molar-refractivity contribution < 1.29 is 23.9 Å². The molecule has 0 atom stereocenters. The lowest BCUT2D eigenvalue weighted by Gasteiger charge is -2.14. The summed E-state index contributed by atoms with van der Waals surface area (Å²) < 4.78 is 10.2. The van der Waals surface area contributed by atoms with Gasteiger partial charge in [0.2, 0.25) is 0 Å². The minimum Gasteiger partial charge on any atom is -0.459 e. The second-order valence-corrected chi connectivity index (χ2v) is 7.13. The van der Waals surface area contributed by atoms with E-state index in [0.717, 1.165) is 36.1 Å². The van der Waals surface area contributed by atoms with Crippen LogP contribution in [0.5, 0.6) is 0 Å². The molecule has 136 valence electrons. The van der Waals surface area contributed by atoms with Crippen LogP contribution in [0.15, 0.2) is 12.2 Å². The molecule has 0 saturated carbocycles. The summed E-state index contributed by atoms with van der Waals surface area (Å²) in [5, 5.41) is 3.17. The van der Waals surface area contributed by atoms with Crippen molar-refractivity contribution in [3.8, 4) is 0 Å². The van der Waals surface area contributed by atoms with Crippen LogP contribution in [0.4, 0.5) is 5.00 Å². The zero-order valence-electron chi connectivity index (χ0n) is 14.7. The molecule has 0 saturated heterocycles. The molecule has 25 heavy (non-hydrogen) atoms. The molecule has 0 radical (unpaired) electrons. The van der Waals surface area contributed by atoms with E-state index in [1.165, 1.54) is 23.5 Å². The normalized spacial score (nSPS) is 13.6. The van der Waals surface area contributed by atoms with Gasteiger partial charge in [-0.15, -0.1) is 11.3 Å². The summed E-state index contributed by atoms with van der Waals surface area (Å²) in [6.45, 7) is 4.86. The van der Waals surface area contributed by atoms with Crippen LogP contribution in [0.3, 0.4) is 0 Å². The van der Waals surface area contributed by atoms with Crippen molar-refractivity contribution in [2.24, 2.45) is 0 Å². The fraction of sp³-hybridized carbons (Fsp3) is 0.500. The summed E-state index contributed by atoms with van der Waals surface area (Å²) >= 11 is 1.40. The van der Waals surface area contributed by atoms with E-state index in [-0.39, 0.29) is 6.10 Å². The number of nitrogens with one attached hydrogen (secondary N) is 1. The molecule has 1 amide bonds. The Labute approximate surface area is 151 Å². The Morgan fingerprint density at radius 2 is 1.96 bits per heavy atom. The molecule has 0 fully saturated rings. The lowest BCUT2D eigenvalue weighted by Crippen LogP contribution is -2.22. The van der Waals surface area contributed by atoms with Crippen molar-refractivity contribution in [2.75, 3.05) is 11.9 Å². The Bertz CT molecular complexity index is 690. The predicted molar refractivity (Wildman–Crippen MR) is 95.9 cm³/mol. The number of rotatable bonds is 6. The minimum absolute atomic E-state index is 0.239. The number of hydrogen-bond acceptors (Lipinski definition) is 6. The topological polar surface area (TPSA) is 81.7 Å². The monoisotopic (exact) mass is 365 g/mol. The van der Waals surface area contributed by atoms with Crippen LogP contribution in [0.1, 0.15) is 54.4 Å². The summed E-state index contributed by atoms with van der Waals surface area (Å²) in [5.74, 6) is -1.48. The molecule has 1 aliphatic rings. The van der Waals surface area contributed by atoms with Crippen molar-refractivity contribution in [3.63, 3.8) is 0 Å². The standard InChI is InChI=1S/C18H23NO5S/c1-4-7-15(21)23-10-14(20)19-17-16(18(22)24-11(2)3)12-8-5-6-9-13(12)25-17/h4,7,11H,5-6,8-10H2,1-3H3,(H,19,20)/b7-4+. The first kappa shape index (κ1) is 19.2. The number of amides is 1. The van der Waals surface area contributed by atoms with E-state index in [0.29, 0.717) is 10.6 Å². The Morgan fingerprint density at radius 3 is 2.64 bits per heavy atom. The lowest BCUT2D eigenvalue weighted by atomic mass is 9.95. The zero-order chi connectivity index (χ0) is 18.4. The van der Waals surface area contributed by atoms with Gasteiger partial charge in [0.15, 0.2) is 6.61 Å². The Morgan fingerprint density at radius 1 is 1.24 bits per heavy atom. The Hall–Kier alpha value is -2.15. The maximum absolute atomic E-state index is 12.5. The van der Waals surface area contributed by atoms with Gasteiger partial charge >= 0.3 is 11.9 Å². The number of carbonyl (C=O) groups excluding carboxylic acids is 3. The highest BCUT2D eigenvalue weighted by Crippen LogP contribution is 2.38. The van der Waals surface area contributed by atoms with Gasteiger partial charge in [-0.2, -0.15) is 0 Å². The molecule has 1 aromatic heterocycles. The summed E-state index contributed by atoms with van der Waals surface area (Å²) in [6, 6.07) is 0. The molecule has 1 N–H and O–H groups in total. The van der Waals surface area contributed by atoms with Gasteiger partial charge in [-0.1, -0.05) is 6.08 Å². The average molecular weight is 365 g/mol. The van der Waals surface area contributed by atoms with Crippen molar-refractivity contribution in [1.82, 2.24) is 0 Å². The lowest BCUT2D eigenvalue weighted by molar-refractivity contribution is -0.142. The predicted octanol–water partition coefficient (Wildman–Crippen LogP) is 3.25. The third-order valence-electron chi connectivity index (χ3n) is 3.62. The molecule has 6 nitrogen and oxygen atoms in total. The second-order valence-electron chi connectivity index (χ2n) is 6.02. The van der Waals surface area contributed by atoms with Crippen molar-refractivity contribution >= 4 is 34.2 Å². The van der Waals surface area contributed by atoms with Crippen molar-refractivity contribution in [2.45, 2.75) is 52.6 Å². The fourth-order valence-corrected chi connectivity index (χ4v) is 3.92. The number of thiophene rings is 1. The molecule has 0 aromatic carbocycles. The summed E-state index contributed by atoms with van der Waals surface area (Å²) in [4.78, 5) is 37.0. The molecule has 0 aliphatic heterocycles. The second kappa shape index (κ2) is 8.80. The average Bonchev–Trinajstić information content (AvgIpc) is 2.90. The van der Waals surface area contributed by atoms with Gasteiger partial charge in [0.1, 0.15) is 5.00 Å². The first-order valence-corrected chi connectivity index (χ1v) is 9.18. The van der Waals surface area contributed by atoms with Gasteiger partial charge in [-0.05, 0) is 52.0 Å². The molecule has 1 heterocycles. The quantitative estimate of drug-likeness (QED) is 0.618. The van der Waals surface area contributed by atoms with Gasteiger partial charge in [0.05, 0.1) is 11.7 Å². The Kier molecular flexibility index (Phi) is 6.75. The van der Waals surface area contributed by atoms with E-state index >= 15 is 0 Å². The molecule has 2 rings (SSSR count). The van der Waals surface area contributed by atoms with E-state index in [2.05, 4.69) is 5.32 Å². The Balaban J connectivity index is 2.16. The largest absolute Gasteiger partial charge is 0.459 e. The highest BCUT2D eigenvalue weighted by molar-refractivity contribution is 7.17. The van der Waals surface area contributed by atoms with E-state index in [9.17, 15) is 14.4 Å². The van der Waals surface area contributed by atoms with Gasteiger partial charge < -0.3 is 14.8 Å². The number of fused-ring (bicyclic) bond motifs is 1. The third-order valence-corrected chi connectivity index (χ3v) is 4.83. The molecule has 0 unspecified atom stereocenters. The smallest absolute Gasteiger partial charge is 0.341 e. The van der Waals surface area contributed by atoms with Gasteiger partial charge in [0, 0.05) is 11.0 Å². The van der Waals surface area contributed by atoms with E-state index in [1.54, 1.807) is 20.8 Å². The fourth-order valence-electron chi connectivity index (χ4n) is 2.63. The maximum Gasteiger partial charge on any atom is 0.341 e. The summed E-state index contributed by atoms with van der Waals surface area (Å²) in [6.07, 6.45) is 6.32. The van der Waals surface area contributed by atoms with Crippen LogP contribution in [-0.2, 0) is 31.9 Å². The first-order chi connectivity index (χ1) is 11.9. The number of anilines is 1. The van der Waals surface area contributed by atoms with Crippen LogP contribution in [0.25, 0.3) is 0 Å². The third kappa shape index (κ3) is 5.16. The molecule has 0 bridgehead atoms. The maximum atomic E-state index is 12.5. The van der Waals surface area contributed by atoms with Crippen LogP contribution in [-0.4, -0.2) is 30.6 Å². The van der Waals surface area contributed by atoms with Gasteiger partial charge in [0.25, 0.3) is 5.91 Å². The first-order valence-electron chi connectivity index (χ1n) is 8.37. The SMILES string of the molecule is C/C=C/C(=O)OCC(=O)Nc1sc2c(c1C(=O)OC(C)C)CCCC2. The molecular weight excluding hydrogens is 342 g/mol. The van der Waals surface area contributed by atoms with Crippen LogP contribution in [0.2, 0.25) is 0 Å².